The average molecular weight is 325 g/mol. The fourth-order valence-corrected chi connectivity index (χ4v) is 2.98. The third kappa shape index (κ3) is 3.57. The Bertz CT molecular complexity index is 539. The second-order valence-electron chi connectivity index (χ2n) is 7.00. The molecule has 2 aliphatic heterocycles. The SMILES string of the molecule is CCOC(=O)C1C(=C=O)CN(C(=O)OC(C)(C)C)CC12COC2. The number of likely N-dealkylation sites (tertiary alicyclic amines) is 1. The van der Waals surface area contributed by atoms with E-state index in [1.54, 1.807) is 27.7 Å². The van der Waals surface area contributed by atoms with Gasteiger partial charge in [0.2, 0.25) is 0 Å². The first-order chi connectivity index (χ1) is 10.7. The zero-order valence-corrected chi connectivity index (χ0v) is 14.0. The summed E-state index contributed by atoms with van der Waals surface area (Å²) in [4.78, 5) is 37.4. The van der Waals surface area contributed by atoms with E-state index in [2.05, 4.69) is 0 Å². The van der Waals surface area contributed by atoms with E-state index in [4.69, 9.17) is 14.2 Å². The molecule has 0 aromatic heterocycles. The maximum absolute atomic E-state index is 12.3. The van der Waals surface area contributed by atoms with E-state index < -0.39 is 29.0 Å². The van der Waals surface area contributed by atoms with Crippen LogP contribution >= 0.6 is 0 Å². The number of esters is 1. The standard InChI is InChI=1S/C16H23NO6/c1-5-22-13(19)12-11(7-18)6-17(8-16(12)9-21-10-16)14(20)23-15(2,3)4/h12H,5-6,8-10H2,1-4H3. The Morgan fingerprint density at radius 1 is 1.39 bits per heavy atom. The number of nitrogens with zero attached hydrogens (tertiary/aromatic N) is 1. The number of piperidine rings is 1. The van der Waals surface area contributed by atoms with Gasteiger partial charge >= 0.3 is 12.1 Å². The number of ether oxygens (including phenoxy) is 3. The molecule has 0 aliphatic carbocycles. The minimum absolute atomic E-state index is 0.0175. The van der Waals surface area contributed by atoms with Gasteiger partial charge in [0.25, 0.3) is 0 Å². The van der Waals surface area contributed by atoms with Crippen LogP contribution in [-0.2, 0) is 23.8 Å². The zero-order valence-electron chi connectivity index (χ0n) is 14.0. The van der Waals surface area contributed by atoms with Gasteiger partial charge in [-0.05, 0) is 27.7 Å². The second kappa shape index (κ2) is 6.34. The number of hydrogen-bond donors (Lipinski definition) is 0. The first-order valence-electron chi connectivity index (χ1n) is 7.68. The lowest BCUT2D eigenvalue weighted by molar-refractivity contribution is -0.184. The molecule has 23 heavy (non-hydrogen) atoms. The Labute approximate surface area is 135 Å². The Kier molecular flexibility index (Phi) is 4.82. The molecule has 0 saturated carbocycles. The first kappa shape index (κ1) is 17.5. The predicted octanol–water partition coefficient (Wildman–Crippen LogP) is 1.19. The molecular formula is C16H23NO6. The van der Waals surface area contributed by atoms with E-state index in [0.29, 0.717) is 13.2 Å². The highest BCUT2D eigenvalue weighted by atomic mass is 16.6. The Balaban J connectivity index is 2.24. The van der Waals surface area contributed by atoms with Crippen molar-refractivity contribution in [2.45, 2.75) is 33.3 Å². The summed E-state index contributed by atoms with van der Waals surface area (Å²) >= 11 is 0. The van der Waals surface area contributed by atoms with Crippen LogP contribution in [0, 0.1) is 11.3 Å². The highest BCUT2D eigenvalue weighted by Gasteiger charge is 2.56. The molecule has 2 rings (SSSR count). The molecule has 2 heterocycles. The molecule has 2 saturated heterocycles. The van der Waals surface area contributed by atoms with E-state index in [9.17, 15) is 14.4 Å². The summed E-state index contributed by atoms with van der Waals surface area (Å²) in [7, 11) is 0. The monoisotopic (exact) mass is 325 g/mol. The quantitative estimate of drug-likeness (QED) is 0.560. The third-order valence-electron chi connectivity index (χ3n) is 3.91. The van der Waals surface area contributed by atoms with E-state index in [1.807, 2.05) is 5.94 Å². The summed E-state index contributed by atoms with van der Waals surface area (Å²) < 4.78 is 15.7. The van der Waals surface area contributed by atoms with Crippen LogP contribution in [0.15, 0.2) is 5.57 Å². The van der Waals surface area contributed by atoms with Gasteiger partial charge in [-0.25, -0.2) is 9.59 Å². The summed E-state index contributed by atoms with van der Waals surface area (Å²) in [5, 5.41) is 0. The van der Waals surface area contributed by atoms with Crippen molar-refractivity contribution < 1.29 is 28.6 Å². The van der Waals surface area contributed by atoms with Gasteiger partial charge in [-0.2, -0.15) is 0 Å². The van der Waals surface area contributed by atoms with Crippen molar-refractivity contribution >= 4 is 18.0 Å². The third-order valence-corrected chi connectivity index (χ3v) is 3.91. The summed E-state index contributed by atoms with van der Waals surface area (Å²) in [6, 6.07) is 0. The number of amides is 1. The molecule has 1 unspecified atom stereocenters. The molecule has 0 aromatic rings. The molecule has 2 fully saturated rings. The van der Waals surface area contributed by atoms with E-state index in [-0.39, 0.29) is 25.3 Å². The van der Waals surface area contributed by atoms with Crippen LogP contribution in [0.25, 0.3) is 0 Å². The van der Waals surface area contributed by atoms with Crippen LogP contribution in [-0.4, -0.2) is 61.4 Å². The molecule has 0 bridgehead atoms. The van der Waals surface area contributed by atoms with Crippen molar-refractivity contribution in [2.75, 3.05) is 32.9 Å². The summed E-state index contributed by atoms with van der Waals surface area (Å²) in [5.41, 5.74) is -1.05. The molecule has 1 atom stereocenters. The molecule has 7 nitrogen and oxygen atoms in total. The van der Waals surface area contributed by atoms with Crippen LogP contribution in [0.5, 0.6) is 0 Å². The average Bonchev–Trinajstić information content (AvgIpc) is 2.42. The van der Waals surface area contributed by atoms with E-state index in [1.165, 1.54) is 4.90 Å². The predicted molar refractivity (Wildman–Crippen MR) is 80.4 cm³/mol. The van der Waals surface area contributed by atoms with Gasteiger partial charge in [0.1, 0.15) is 17.5 Å². The fraction of sp³-hybridized carbons (Fsp3) is 0.750. The highest BCUT2D eigenvalue weighted by Crippen LogP contribution is 2.44. The van der Waals surface area contributed by atoms with E-state index >= 15 is 0 Å². The maximum atomic E-state index is 12.3. The van der Waals surface area contributed by atoms with Crippen molar-refractivity contribution in [2.24, 2.45) is 11.3 Å². The smallest absolute Gasteiger partial charge is 0.410 e. The molecule has 0 aromatic carbocycles. The lowest BCUT2D eigenvalue weighted by Gasteiger charge is -2.51. The van der Waals surface area contributed by atoms with Gasteiger partial charge < -0.3 is 19.1 Å². The van der Waals surface area contributed by atoms with Crippen molar-refractivity contribution in [3.63, 3.8) is 0 Å². The zero-order chi connectivity index (χ0) is 17.3. The Morgan fingerprint density at radius 3 is 2.48 bits per heavy atom. The van der Waals surface area contributed by atoms with Crippen molar-refractivity contribution in [1.29, 1.82) is 0 Å². The topological polar surface area (TPSA) is 82.1 Å². The number of carbonyl (C=O) groups excluding carboxylic acids is 3. The van der Waals surface area contributed by atoms with Crippen molar-refractivity contribution in [3.05, 3.63) is 5.57 Å². The van der Waals surface area contributed by atoms with Crippen LogP contribution in [0.3, 0.4) is 0 Å². The molecule has 128 valence electrons. The first-order valence-corrected chi connectivity index (χ1v) is 7.68. The van der Waals surface area contributed by atoms with Crippen LogP contribution in [0.1, 0.15) is 27.7 Å². The lowest BCUT2D eigenvalue weighted by atomic mass is 9.67. The summed E-state index contributed by atoms with van der Waals surface area (Å²) in [6.07, 6.45) is -0.515. The van der Waals surface area contributed by atoms with Gasteiger partial charge in [-0.15, -0.1) is 0 Å². The summed E-state index contributed by atoms with van der Waals surface area (Å²) in [6.45, 7) is 8.15. The Hall–Kier alpha value is -1.85. The van der Waals surface area contributed by atoms with E-state index in [0.717, 1.165) is 0 Å². The van der Waals surface area contributed by atoms with Crippen molar-refractivity contribution in [3.8, 4) is 0 Å². The minimum Gasteiger partial charge on any atom is -0.465 e. The van der Waals surface area contributed by atoms with Gasteiger partial charge in [0.15, 0.2) is 0 Å². The summed E-state index contributed by atoms with van der Waals surface area (Å²) in [5.74, 6) is 0.650. The van der Waals surface area contributed by atoms with Gasteiger partial charge in [0.05, 0.1) is 31.8 Å². The number of carbonyl (C=O) groups is 2. The van der Waals surface area contributed by atoms with Crippen molar-refractivity contribution in [1.82, 2.24) is 4.90 Å². The van der Waals surface area contributed by atoms with Gasteiger partial charge in [0, 0.05) is 12.1 Å². The van der Waals surface area contributed by atoms with Crippen LogP contribution in [0.2, 0.25) is 0 Å². The Morgan fingerprint density at radius 2 is 2.04 bits per heavy atom. The number of rotatable bonds is 2. The molecule has 0 N–H and O–H groups in total. The molecule has 0 radical (unpaired) electrons. The normalized spacial score (nSPS) is 23.0. The van der Waals surface area contributed by atoms with Crippen LogP contribution in [0.4, 0.5) is 4.79 Å². The molecule has 2 aliphatic rings. The maximum Gasteiger partial charge on any atom is 0.410 e. The fourth-order valence-electron chi connectivity index (χ4n) is 2.98. The largest absolute Gasteiger partial charge is 0.465 e. The molecule has 1 spiro atoms. The molecule has 7 heteroatoms. The van der Waals surface area contributed by atoms with Gasteiger partial charge in [-0.1, -0.05) is 0 Å². The molecule has 1 amide bonds. The number of hydrogen-bond acceptors (Lipinski definition) is 6. The van der Waals surface area contributed by atoms with Crippen LogP contribution < -0.4 is 0 Å². The lowest BCUT2D eigenvalue weighted by Crippen LogP contribution is -2.63. The minimum atomic E-state index is -0.715. The second-order valence-corrected chi connectivity index (χ2v) is 7.00. The molecular weight excluding hydrogens is 302 g/mol. The van der Waals surface area contributed by atoms with Gasteiger partial charge in [-0.3, -0.25) is 4.79 Å². The highest BCUT2D eigenvalue weighted by molar-refractivity contribution is 5.82.